The van der Waals surface area contributed by atoms with Crippen molar-refractivity contribution in [3.8, 4) is 0 Å². The molecule has 2 fully saturated rings. The molecule has 0 saturated heterocycles. The van der Waals surface area contributed by atoms with Crippen molar-refractivity contribution in [1.82, 2.24) is 0 Å². The van der Waals surface area contributed by atoms with Gasteiger partial charge < -0.3 is 5.11 Å². The first-order valence-corrected chi connectivity index (χ1v) is 9.58. The zero-order valence-electron chi connectivity index (χ0n) is 15.0. The van der Waals surface area contributed by atoms with E-state index in [2.05, 4.69) is 19.9 Å². The minimum absolute atomic E-state index is 0.00931. The van der Waals surface area contributed by atoms with Crippen LogP contribution in [0.5, 0.6) is 0 Å². The molecular formula is C21H25ClO3. The Kier molecular flexibility index (Phi) is 3.56. The predicted octanol–water partition coefficient (Wildman–Crippen LogP) is 3.96. The molecule has 0 aromatic rings. The van der Waals surface area contributed by atoms with Gasteiger partial charge in [-0.1, -0.05) is 37.6 Å². The monoisotopic (exact) mass is 360 g/mol. The fraction of sp³-hybridized carbons (Fsp3) is 0.619. The van der Waals surface area contributed by atoms with Crippen molar-refractivity contribution in [2.75, 3.05) is 0 Å². The van der Waals surface area contributed by atoms with Gasteiger partial charge in [-0.2, -0.15) is 0 Å². The maximum atomic E-state index is 12.2. The molecule has 0 heterocycles. The molecule has 4 aliphatic carbocycles. The number of carbonyl (C=O) groups excluding carboxylic acids is 2. The Morgan fingerprint density at radius 3 is 2.60 bits per heavy atom. The number of allylic oxidation sites excluding steroid dienone is 6. The van der Waals surface area contributed by atoms with Crippen LogP contribution in [0.2, 0.25) is 0 Å². The van der Waals surface area contributed by atoms with Gasteiger partial charge in [0.15, 0.2) is 11.6 Å². The molecule has 0 aromatic heterocycles. The van der Waals surface area contributed by atoms with Gasteiger partial charge in [0.25, 0.3) is 0 Å². The number of halogens is 1. The summed E-state index contributed by atoms with van der Waals surface area (Å²) in [6.45, 7) is 5.77. The standard InChI is InChI=1S/C21H25ClO3/c1-12(23)21(25)9-6-16-14-11-18(22)17-10-13(24)4-7-19(17,2)15(14)5-8-20(16,21)3/h4,7,10-11,14-16,25H,5-6,8-9H2,1-3H3/t14-,15+,16+,19-,20+,21+/m0/s1. The number of hydrogen-bond acceptors (Lipinski definition) is 3. The summed E-state index contributed by atoms with van der Waals surface area (Å²) in [5.41, 5.74) is -0.952. The maximum absolute atomic E-state index is 12.2. The lowest BCUT2D eigenvalue weighted by molar-refractivity contribution is -0.155. The van der Waals surface area contributed by atoms with Gasteiger partial charge in [-0.15, -0.1) is 0 Å². The topological polar surface area (TPSA) is 54.4 Å². The minimum atomic E-state index is -1.22. The summed E-state index contributed by atoms with van der Waals surface area (Å²) >= 11 is 6.61. The highest BCUT2D eigenvalue weighted by atomic mass is 35.5. The first-order chi connectivity index (χ1) is 11.6. The van der Waals surface area contributed by atoms with Gasteiger partial charge in [0.2, 0.25) is 0 Å². The molecule has 4 aliphatic rings. The molecule has 4 heteroatoms. The van der Waals surface area contributed by atoms with Gasteiger partial charge in [0, 0.05) is 15.9 Å². The van der Waals surface area contributed by atoms with Gasteiger partial charge in [-0.3, -0.25) is 9.59 Å². The third kappa shape index (κ3) is 2.03. The number of fused-ring (bicyclic) bond motifs is 5. The summed E-state index contributed by atoms with van der Waals surface area (Å²) in [5.74, 6) is 0.678. The molecule has 0 aromatic carbocycles. The third-order valence-corrected chi connectivity index (χ3v) is 8.22. The summed E-state index contributed by atoms with van der Waals surface area (Å²) in [6.07, 6.45) is 10.6. The number of aliphatic hydroxyl groups is 1. The lowest BCUT2D eigenvalue weighted by atomic mass is 9.49. The Labute approximate surface area is 153 Å². The SMILES string of the molecule is CC(=O)[C@]1(O)CC[C@@H]2[C@H]3C=C(Cl)C4=CC(=O)C=C[C@@]4(C)[C@@H]3CC[C@]21C. The smallest absolute Gasteiger partial charge is 0.178 e. The van der Waals surface area contributed by atoms with Crippen LogP contribution in [0.4, 0.5) is 0 Å². The summed E-state index contributed by atoms with van der Waals surface area (Å²) in [4.78, 5) is 24.1. The zero-order chi connectivity index (χ0) is 18.2. The van der Waals surface area contributed by atoms with Crippen molar-refractivity contribution in [3.63, 3.8) is 0 Å². The lowest BCUT2D eigenvalue weighted by Crippen LogP contribution is -2.56. The van der Waals surface area contributed by atoms with Gasteiger partial charge >= 0.3 is 0 Å². The molecule has 6 atom stereocenters. The van der Waals surface area contributed by atoms with Crippen LogP contribution < -0.4 is 0 Å². The van der Waals surface area contributed by atoms with E-state index in [0.717, 1.165) is 24.8 Å². The normalized spacial score (nSPS) is 48.2. The Morgan fingerprint density at radius 1 is 1.24 bits per heavy atom. The van der Waals surface area contributed by atoms with E-state index in [4.69, 9.17) is 11.6 Å². The average Bonchev–Trinajstić information content (AvgIpc) is 2.83. The molecule has 134 valence electrons. The van der Waals surface area contributed by atoms with Crippen molar-refractivity contribution < 1.29 is 14.7 Å². The maximum Gasteiger partial charge on any atom is 0.178 e. The van der Waals surface area contributed by atoms with Gasteiger partial charge in [0.05, 0.1) is 0 Å². The number of hydrogen-bond donors (Lipinski definition) is 1. The second kappa shape index (κ2) is 5.17. The van der Waals surface area contributed by atoms with Crippen LogP contribution in [0.15, 0.2) is 34.9 Å². The molecule has 1 N–H and O–H groups in total. The molecule has 0 radical (unpaired) electrons. The van der Waals surface area contributed by atoms with E-state index < -0.39 is 11.0 Å². The number of Topliss-reactive ketones (excluding diaryl/α,β-unsaturated/α-hetero) is 1. The number of carbonyl (C=O) groups is 2. The van der Waals surface area contributed by atoms with Crippen molar-refractivity contribution in [2.24, 2.45) is 28.6 Å². The highest BCUT2D eigenvalue weighted by Gasteiger charge is 2.65. The van der Waals surface area contributed by atoms with Crippen LogP contribution in [-0.2, 0) is 9.59 Å². The van der Waals surface area contributed by atoms with Crippen molar-refractivity contribution >= 4 is 23.2 Å². The summed E-state index contributed by atoms with van der Waals surface area (Å²) in [5, 5.41) is 11.8. The predicted molar refractivity (Wildman–Crippen MR) is 96.9 cm³/mol. The largest absolute Gasteiger partial charge is 0.382 e. The van der Waals surface area contributed by atoms with E-state index in [0.29, 0.717) is 17.4 Å². The average molecular weight is 361 g/mol. The quantitative estimate of drug-likeness (QED) is 0.770. The third-order valence-electron chi connectivity index (χ3n) is 7.89. The summed E-state index contributed by atoms with van der Waals surface area (Å²) in [6, 6.07) is 0. The fourth-order valence-corrected chi connectivity index (χ4v) is 6.73. The van der Waals surface area contributed by atoms with E-state index in [1.165, 1.54) is 6.92 Å². The van der Waals surface area contributed by atoms with Crippen LogP contribution in [0.3, 0.4) is 0 Å². The second-order valence-corrected chi connectivity index (χ2v) is 9.20. The highest BCUT2D eigenvalue weighted by Crippen LogP contribution is 2.66. The van der Waals surface area contributed by atoms with E-state index in [9.17, 15) is 14.7 Å². The van der Waals surface area contributed by atoms with Gasteiger partial charge in [-0.25, -0.2) is 0 Å². The van der Waals surface area contributed by atoms with Gasteiger partial charge in [0.1, 0.15) is 5.60 Å². The van der Waals surface area contributed by atoms with E-state index in [1.807, 2.05) is 6.08 Å². The van der Waals surface area contributed by atoms with Crippen LogP contribution in [-0.4, -0.2) is 22.3 Å². The molecule has 25 heavy (non-hydrogen) atoms. The zero-order valence-corrected chi connectivity index (χ0v) is 15.8. The lowest BCUT2D eigenvalue weighted by Gasteiger charge is -2.56. The molecule has 0 bridgehead atoms. The molecule has 0 unspecified atom stereocenters. The fourth-order valence-electron chi connectivity index (χ4n) is 6.32. The van der Waals surface area contributed by atoms with Crippen LogP contribution in [0, 0.1) is 28.6 Å². The Morgan fingerprint density at radius 2 is 1.92 bits per heavy atom. The summed E-state index contributed by atoms with van der Waals surface area (Å²) < 4.78 is 0. The Bertz CT molecular complexity index is 763. The van der Waals surface area contributed by atoms with Crippen LogP contribution >= 0.6 is 11.6 Å². The molecular weight excluding hydrogens is 336 g/mol. The van der Waals surface area contributed by atoms with Crippen molar-refractivity contribution in [1.29, 1.82) is 0 Å². The van der Waals surface area contributed by atoms with Crippen LogP contribution in [0.1, 0.15) is 46.5 Å². The molecule has 0 aliphatic heterocycles. The number of ketones is 2. The minimum Gasteiger partial charge on any atom is -0.382 e. The molecule has 3 nitrogen and oxygen atoms in total. The van der Waals surface area contributed by atoms with E-state index in [-0.39, 0.29) is 28.8 Å². The highest BCUT2D eigenvalue weighted by molar-refractivity contribution is 6.32. The second-order valence-electron chi connectivity index (χ2n) is 8.79. The number of rotatable bonds is 1. The van der Waals surface area contributed by atoms with Gasteiger partial charge in [-0.05, 0) is 68.1 Å². The van der Waals surface area contributed by atoms with Crippen molar-refractivity contribution in [3.05, 3.63) is 34.9 Å². The van der Waals surface area contributed by atoms with Crippen molar-refractivity contribution in [2.45, 2.75) is 52.1 Å². The molecule has 4 rings (SSSR count). The van der Waals surface area contributed by atoms with Crippen LogP contribution in [0.25, 0.3) is 0 Å². The first kappa shape index (κ1) is 17.2. The molecule has 0 spiro atoms. The van der Waals surface area contributed by atoms with E-state index >= 15 is 0 Å². The molecule has 0 amide bonds. The van der Waals surface area contributed by atoms with E-state index in [1.54, 1.807) is 12.2 Å². The Hall–Kier alpha value is -1.19. The summed E-state index contributed by atoms with van der Waals surface area (Å²) in [7, 11) is 0. The Balaban J connectivity index is 1.81. The molecule has 2 saturated carbocycles. The first-order valence-electron chi connectivity index (χ1n) is 9.20.